The lowest BCUT2D eigenvalue weighted by atomic mass is 9.95. The topological polar surface area (TPSA) is 92.9 Å². The molecule has 0 bridgehead atoms. The van der Waals surface area contributed by atoms with E-state index >= 15 is 0 Å². The van der Waals surface area contributed by atoms with Gasteiger partial charge in [0.25, 0.3) is 11.7 Å². The van der Waals surface area contributed by atoms with Gasteiger partial charge in [-0.1, -0.05) is 30.3 Å². The largest absolute Gasteiger partial charge is 0.507 e. The van der Waals surface area contributed by atoms with E-state index in [4.69, 9.17) is 10.5 Å². The summed E-state index contributed by atoms with van der Waals surface area (Å²) in [5, 5.41) is 10.9. The summed E-state index contributed by atoms with van der Waals surface area (Å²) < 4.78 is 5.13. The Morgan fingerprint density at radius 2 is 1.78 bits per heavy atom. The number of amides is 1. The van der Waals surface area contributed by atoms with Crippen molar-refractivity contribution in [3.63, 3.8) is 0 Å². The number of carbonyl (C=O) groups is 2. The van der Waals surface area contributed by atoms with Crippen molar-refractivity contribution in [2.75, 3.05) is 20.2 Å². The summed E-state index contributed by atoms with van der Waals surface area (Å²) in [5.41, 5.74) is 6.90. The average Bonchev–Trinajstić information content (AvgIpc) is 2.97. The molecular weight excluding hydrogens is 344 g/mol. The molecule has 1 saturated heterocycles. The van der Waals surface area contributed by atoms with Gasteiger partial charge in [-0.25, -0.2) is 0 Å². The van der Waals surface area contributed by atoms with Gasteiger partial charge >= 0.3 is 0 Å². The third kappa shape index (κ3) is 3.57. The number of nitrogens with zero attached hydrogens (tertiary/aromatic N) is 1. The standard InChI is InChI=1S/C21H22N2O4/c1-27-16-10-8-15(9-11-16)19(24)17-18(14-6-3-2-4-7-14)23(13-5-12-22)21(26)20(17)25/h2-4,6-11,18,24H,5,12-13,22H2,1H3/b19-17-. The SMILES string of the molecule is COc1ccc(/C(O)=C2/C(=O)C(=O)N(CCCN)C2c2ccccc2)cc1. The summed E-state index contributed by atoms with van der Waals surface area (Å²) in [7, 11) is 1.55. The fourth-order valence-electron chi connectivity index (χ4n) is 3.26. The summed E-state index contributed by atoms with van der Waals surface area (Å²) >= 11 is 0. The van der Waals surface area contributed by atoms with Crippen molar-refractivity contribution in [2.45, 2.75) is 12.5 Å². The molecule has 2 aromatic rings. The quantitative estimate of drug-likeness (QED) is 0.465. The Morgan fingerprint density at radius 1 is 1.11 bits per heavy atom. The van der Waals surface area contributed by atoms with Crippen molar-refractivity contribution in [3.05, 3.63) is 71.3 Å². The number of hydrogen-bond donors (Lipinski definition) is 2. The summed E-state index contributed by atoms with van der Waals surface area (Å²) in [6.45, 7) is 0.753. The van der Waals surface area contributed by atoms with Gasteiger partial charge in [0, 0.05) is 12.1 Å². The Balaban J connectivity index is 2.11. The molecule has 1 amide bonds. The van der Waals surface area contributed by atoms with Gasteiger partial charge in [0.2, 0.25) is 0 Å². The van der Waals surface area contributed by atoms with Crippen LogP contribution in [0.3, 0.4) is 0 Å². The van der Waals surface area contributed by atoms with Crippen LogP contribution < -0.4 is 10.5 Å². The van der Waals surface area contributed by atoms with Gasteiger partial charge in [0.15, 0.2) is 0 Å². The molecule has 0 aromatic heterocycles. The molecule has 1 aliphatic rings. The van der Waals surface area contributed by atoms with Gasteiger partial charge in [-0.2, -0.15) is 0 Å². The van der Waals surface area contributed by atoms with E-state index in [2.05, 4.69) is 0 Å². The first-order chi connectivity index (χ1) is 13.1. The fourth-order valence-corrected chi connectivity index (χ4v) is 3.26. The maximum Gasteiger partial charge on any atom is 0.295 e. The van der Waals surface area contributed by atoms with Crippen LogP contribution in [0, 0.1) is 0 Å². The minimum atomic E-state index is -0.686. The van der Waals surface area contributed by atoms with E-state index in [-0.39, 0.29) is 11.3 Å². The van der Waals surface area contributed by atoms with Crippen molar-refractivity contribution < 1.29 is 19.4 Å². The summed E-state index contributed by atoms with van der Waals surface area (Å²) in [5.74, 6) is -0.865. The molecule has 1 aliphatic heterocycles. The smallest absolute Gasteiger partial charge is 0.295 e. The molecule has 6 heteroatoms. The highest BCUT2D eigenvalue weighted by atomic mass is 16.5. The number of nitrogens with two attached hydrogens (primary N) is 1. The predicted octanol–water partition coefficient (Wildman–Crippen LogP) is 2.47. The van der Waals surface area contributed by atoms with Gasteiger partial charge in [-0.15, -0.1) is 0 Å². The Kier molecular flexibility index (Phi) is 5.57. The zero-order valence-electron chi connectivity index (χ0n) is 15.1. The molecule has 0 spiro atoms. The summed E-state index contributed by atoms with van der Waals surface area (Å²) in [6.07, 6.45) is 0.568. The van der Waals surface area contributed by atoms with Crippen molar-refractivity contribution in [2.24, 2.45) is 5.73 Å². The van der Waals surface area contributed by atoms with Gasteiger partial charge < -0.3 is 20.5 Å². The Bertz CT molecular complexity index is 860. The average molecular weight is 366 g/mol. The maximum absolute atomic E-state index is 12.7. The van der Waals surface area contributed by atoms with Crippen LogP contribution in [0.5, 0.6) is 5.75 Å². The number of hydrogen-bond acceptors (Lipinski definition) is 5. The summed E-state index contributed by atoms with van der Waals surface area (Å²) in [6, 6.07) is 15.3. The van der Waals surface area contributed by atoms with Crippen LogP contribution in [0.1, 0.15) is 23.6 Å². The number of ketones is 1. The first-order valence-corrected chi connectivity index (χ1v) is 8.76. The van der Waals surface area contributed by atoms with Gasteiger partial charge in [0.05, 0.1) is 18.7 Å². The monoisotopic (exact) mass is 366 g/mol. The van der Waals surface area contributed by atoms with Crippen molar-refractivity contribution in [1.82, 2.24) is 4.90 Å². The molecule has 3 N–H and O–H groups in total. The molecule has 1 unspecified atom stereocenters. The minimum Gasteiger partial charge on any atom is -0.507 e. The number of rotatable bonds is 6. The molecule has 140 valence electrons. The number of methoxy groups -OCH3 is 1. The van der Waals surface area contributed by atoms with E-state index in [9.17, 15) is 14.7 Å². The Hall–Kier alpha value is -3.12. The number of ether oxygens (including phenoxy) is 1. The second-order valence-electron chi connectivity index (χ2n) is 6.27. The lowest BCUT2D eigenvalue weighted by molar-refractivity contribution is -0.139. The first kappa shape index (κ1) is 18.7. The number of carbonyl (C=O) groups excluding carboxylic acids is 2. The molecule has 27 heavy (non-hydrogen) atoms. The van der Waals surface area contributed by atoms with Crippen LogP contribution in [0.15, 0.2) is 60.2 Å². The van der Waals surface area contributed by atoms with Gasteiger partial charge in [-0.3, -0.25) is 9.59 Å². The van der Waals surface area contributed by atoms with E-state index in [0.29, 0.717) is 30.8 Å². The normalized spacial score (nSPS) is 18.7. The molecule has 0 radical (unpaired) electrons. The van der Waals surface area contributed by atoms with E-state index < -0.39 is 17.7 Å². The lowest BCUT2D eigenvalue weighted by Gasteiger charge is -2.25. The zero-order chi connectivity index (χ0) is 19.4. The highest BCUT2D eigenvalue weighted by molar-refractivity contribution is 6.46. The second kappa shape index (κ2) is 8.05. The molecule has 2 aromatic carbocycles. The minimum absolute atomic E-state index is 0.0911. The van der Waals surface area contributed by atoms with Crippen molar-refractivity contribution >= 4 is 17.4 Å². The van der Waals surface area contributed by atoms with Crippen LogP contribution in [0.25, 0.3) is 5.76 Å². The molecule has 1 heterocycles. The molecule has 0 saturated carbocycles. The van der Waals surface area contributed by atoms with Crippen molar-refractivity contribution in [1.29, 1.82) is 0 Å². The van der Waals surface area contributed by atoms with Gasteiger partial charge in [0.1, 0.15) is 11.5 Å². The van der Waals surface area contributed by atoms with Gasteiger partial charge in [-0.05, 0) is 42.8 Å². The van der Waals surface area contributed by atoms with Crippen LogP contribution in [0.4, 0.5) is 0 Å². The highest BCUT2D eigenvalue weighted by Gasteiger charge is 2.45. The van der Waals surface area contributed by atoms with E-state index in [0.717, 1.165) is 5.56 Å². The first-order valence-electron chi connectivity index (χ1n) is 8.76. The number of aliphatic hydroxyl groups excluding tert-OH is 1. The number of aliphatic hydroxyl groups is 1. The predicted molar refractivity (Wildman–Crippen MR) is 102 cm³/mol. The molecule has 1 atom stereocenters. The van der Waals surface area contributed by atoms with E-state index in [1.165, 1.54) is 4.90 Å². The third-order valence-corrected chi connectivity index (χ3v) is 4.62. The zero-order valence-corrected chi connectivity index (χ0v) is 15.1. The number of likely N-dealkylation sites (tertiary alicyclic amines) is 1. The van der Waals surface area contributed by atoms with Crippen molar-refractivity contribution in [3.8, 4) is 5.75 Å². The molecule has 0 aliphatic carbocycles. The van der Waals surface area contributed by atoms with E-state index in [1.54, 1.807) is 31.4 Å². The Labute approximate surface area is 157 Å². The maximum atomic E-state index is 12.7. The number of benzene rings is 2. The third-order valence-electron chi connectivity index (χ3n) is 4.62. The highest BCUT2D eigenvalue weighted by Crippen LogP contribution is 2.39. The molecule has 1 fully saturated rings. The second-order valence-corrected chi connectivity index (χ2v) is 6.27. The summed E-state index contributed by atoms with van der Waals surface area (Å²) in [4.78, 5) is 26.8. The lowest BCUT2D eigenvalue weighted by Crippen LogP contribution is -2.31. The molecule has 6 nitrogen and oxygen atoms in total. The Morgan fingerprint density at radius 3 is 2.37 bits per heavy atom. The van der Waals surface area contributed by atoms with E-state index in [1.807, 2.05) is 30.3 Å². The van der Waals surface area contributed by atoms with Crippen LogP contribution in [-0.4, -0.2) is 41.9 Å². The molecule has 3 rings (SSSR count). The van der Waals surface area contributed by atoms with Crippen LogP contribution in [-0.2, 0) is 9.59 Å². The van der Waals surface area contributed by atoms with Crippen LogP contribution in [0.2, 0.25) is 0 Å². The molecular formula is C21H22N2O4. The fraction of sp³-hybridized carbons (Fsp3) is 0.238. The number of Topliss-reactive ketones (excluding diaryl/α,β-unsaturated/α-hetero) is 1. The van der Waals surface area contributed by atoms with Crippen LogP contribution >= 0.6 is 0 Å².